The van der Waals surface area contributed by atoms with Crippen molar-refractivity contribution < 1.29 is 18.3 Å². The Morgan fingerprint density at radius 2 is 1.93 bits per heavy atom. The van der Waals surface area contributed by atoms with Crippen LogP contribution in [0.15, 0.2) is 18.3 Å². The van der Waals surface area contributed by atoms with Gasteiger partial charge in [0.05, 0.1) is 18.4 Å². The van der Waals surface area contributed by atoms with Crippen LogP contribution >= 0.6 is 0 Å². The molecule has 1 aromatic heterocycles. The predicted octanol–water partition coefficient (Wildman–Crippen LogP) is 3.62. The molecule has 28 heavy (non-hydrogen) atoms. The summed E-state index contributed by atoms with van der Waals surface area (Å²) >= 11 is 0. The molecule has 0 bridgehead atoms. The first-order chi connectivity index (χ1) is 13.5. The minimum Gasteiger partial charge on any atom is -0.486 e. The molecule has 0 atom stereocenters. The molecule has 1 N–H and O–H groups in total. The van der Waals surface area contributed by atoms with Crippen molar-refractivity contribution in [2.24, 2.45) is 0 Å². The molecule has 4 rings (SSSR count). The number of halogens is 2. The number of nitrogens with zero attached hydrogens (tertiary/aromatic N) is 3. The van der Waals surface area contributed by atoms with Crippen LogP contribution in [0, 0.1) is 11.6 Å². The number of fused-ring (bicyclic) bond motifs is 1. The van der Waals surface area contributed by atoms with E-state index in [1.165, 1.54) is 6.07 Å². The summed E-state index contributed by atoms with van der Waals surface area (Å²) in [6.07, 6.45) is 2.80. The van der Waals surface area contributed by atoms with Gasteiger partial charge in [-0.2, -0.15) is 0 Å². The first-order valence-corrected chi connectivity index (χ1v) is 9.63. The average molecular weight is 390 g/mol. The van der Waals surface area contributed by atoms with Crippen LogP contribution in [0.2, 0.25) is 0 Å². The Bertz CT molecular complexity index is 856. The molecule has 0 radical (unpaired) electrons. The van der Waals surface area contributed by atoms with Gasteiger partial charge in [0, 0.05) is 30.9 Å². The van der Waals surface area contributed by atoms with Crippen molar-refractivity contribution in [2.45, 2.75) is 38.8 Å². The van der Waals surface area contributed by atoms with Gasteiger partial charge in [0.15, 0.2) is 17.4 Å². The second-order valence-electron chi connectivity index (χ2n) is 7.36. The lowest BCUT2D eigenvalue weighted by Crippen LogP contribution is -2.38. The van der Waals surface area contributed by atoms with Crippen LogP contribution in [-0.4, -0.2) is 48.4 Å². The van der Waals surface area contributed by atoms with Gasteiger partial charge in [-0.1, -0.05) is 0 Å². The highest BCUT2D eigenvalue weighted by molar-refractivity contribution is 5.72. The summed E-state index contributed by atoms with van der Waals surface area (Å²) in [7, 11) is 0. The van der Waals surface area contributed by atoms with Crippen LogP contribution in [0.3, 0.4) is 0 Å². The maximum absolute atomic E-state index is 14.7. The van der Waals surface area contributed by atoms with Gasteiger partial charge < -0.3 is 19.7 Å². The molecular weight excluding hydrogens is 366 g/mol. The smallest absolute Gasteiger partial charge is 0.223 e. The van der Waals surface area contributed by atoms with Crippen molar-refractivity contribution in [3.05, 3.63) is 30.0 Å². The maximum Gasteiger partial charge on any atom is 0.223 e. The molecule has 2 aliphatic rings. The maximum atomic E-state index is 14.7. The van der Waals surface area contributed by atoms with Gasteiger partial charge in [0.1, 0.15) is 12.3 Å². The monoisotopic (exact) mass is 390 g/mol. The summed E-state index contributed by atoms with van der Waals surface area (Å²) in [4.78, 5) is 10.4. The van der Waals surface area contributed by atoms with Crippen LogP contribution < -0.4 is 15.0 Å². The molecule has 150 valence electrons. The Balaban J connectivity index is 1.69. The van der Waals surface area contributed by atoms with Crippen LogP contribution in [-0.2, 0) is 4.74 Å². The Kier molecular flexibility index (Phi) is 5.30. The largest absolute Gasteiger partial charge is 0.486 e. The average Bonchev–Trinajstić information content (AvgIpc) is 2.69. The second-order valence-corrected chi connectivity index (χ2v) is 7.36. The third kappa shape index (κ3) is 3.73. The summed E-state index contributed by atoms with van der Waals surface area (Å²) in [5.74, 6) is -0.573. The second kappa shape index (κ2) is 7.87. The van der Waals surface area contributed by atoms with Crippen molar-refractivity contribution >= 4 is 11.6 Å². The molecule has 0 unspecified atom stereocenters. The Morgan fingerprint density at radius 1 is 1.14 bits per heavy atom. The topological polar surface area (TPSA) is 59.5 Å². The molecule has 2 aliphatic heterocycles. The zero-order valence-corrected chi connectivity index (χ0v) is 16.0. The van der Waals surface area contributed by atoms with E-state index in [9.17, 15) is 8.78 Å². The van der Waals surface area contributed by atoms with Crippen molar-refractivity contribution in [1.29, 1.82) is 0 Å². The number of hydrogen-bond acceptors (Lipinski definition) is 6. The van der Waals surface area contributed by atoms with Crippen molar-refractivity contribution in [2.75, 3.05) is 36.6 Å². The zero-order valence-electron chi connectivity index (χ0n) is 16.0. The quantitative estimate of drug-likeness (QED) is 0.861. The van der Waals surface area contributed by atoms with Gasteiger partial charge in [-0.3, -0.25) is 0 Å². The first kappa shape index (κ1) is 18.9. The number of benzene rings is 1. The normalized spacial score (nSPS) is 17.4. The molecular formula is C20H24F2N4O2. The molecule has 3 heterocycles. The van der Waals surface area contributed by atoms with E-state index in [-0.39, 0.29) is 23.5 Å². The lowest BCUT2D eigenvalue weighted by atomic mass is 10.1. The van der Waals surface area contributed by atoms with E-state index >= 15 is 0 Å². The van der Waals surface area contributed by atoms with Crippen molar-refractivity contribution in [3.8, 4) is 17.0 Å². The van der Waals surface area contributed by atoms with Crippen LogP contribution in [0.4, 0.5) is 20.4 Å². The molecule has 0 saturated carbocycles. The summed E-state index contributed by atoms with van der Waals surface area (Å²) in [6, 6.07) is 3.35. The SMILES string of the molecule is CC(C)N1CCOc2c(F)cc(-c3nc(NC4CCOCC4)ncc3F)cc21. The minimum atomic E-state index is -0.593. The molecule has 6 nitrogen and oxygen atoms in total. The molecule has 1 saturated heterocycles. The number of aromatic nitrogens is 2. The molecule has 0 amide bonds. The first-order valence-electron chi connectivity index (χ1n) is 9.63. The summed E-state index contributed by atoms with van der Waals surface area (Å²) in [6.45, 7) is 6.47. The fourth-order valence-corrected chi connectivity index (χ4v) is 3.64. The summed E-state index contributed by atoms with van der Waals surface area (Å²) in [5.41, 5.74) is 1.05. The number of anilines is 2. The van der Waals surface area contributed by atoms with E-state index in [1.807, 2.05) is 18.7 Å². The fourth-order valence-electron chi connectivity index (χ4n) is 3.64. The van der Waals surface area contributed by atoms with Gasteiger partial charge >= 0.3 is 0 Å². The van der Waals surface area contributed by atoms with Crippen molar-refractivity contribution in [1.82, 2.24) is 9.97 Å². The third-order valence-electron chi connectivity index (χ3n) is 5.11. The van der Waals surface area contributed by atoms with Gasteiger partial charge in [-0.25, -0.2) is 18.7 Å². The van der Waals surface area contributed by atoms with E-state index < -0.39 is 11.6 Å². The Hall–Kier alpha value is -2.48. The van der Waals surface area contributed by atoms with E-state index in [0.29, 0.717) is 43.6 Å². The highest BCUT2D eigenvalue weighted by atomic mass is 19.1. The lowest BCUT2D eigenvalue weighted by molar-refractivity contribution is 0.0903. The van der Waals surface area contributed by atoms with Crippen LogP contribution in [0.25, 0.3) is 11.3 Å². The van der Waals surface area contributed by atoms with Gasteiger partial charge in [0.2, 0.25) is 5.95 Å². The van der Waals surface area contributed by atoms with E-state index in [2.05, 4.69) is 15.3 Å². The number of rotatable bonds is 4. The zero-order chi connectivity index (χ0) is 19.7. The van der Waals surface area contributed by atoms with E-state index in [1.54, 1.807) is 6.07 Å². The highest BCUT2D eigenvalue weighted by Crippen LogP contribution is 2.39. The Labute approximate surface area is 162 Å². The minimum absolute atomic E-state index is 0.0699. The molecule has 2 aromatic rings. The molecule has 8 heteroatoms. The van der Waals surface area contributed by atoms with E-state index in [4.69, 9.17) is 9.47 Å². The fraction of sp³-hybridized carbons (Fsp3) is 0.500. The van der Waals surface area contributed by atoms with Gasteiger partial charge in [-0.05, 0) is 38.8 Å². The van der Waals surface area contributed by atoms with Crippen molar-refractivity contribution in [3.63, 3.8) is 0 Å². The summed E-state index contributed by atoms with van der Waals surface area (Å²) in [5, 5.41) is 3.22. The van der Waals surface area contributed by atoms with Gasteiger partial charge in [-0.15, -0.1) is 0 Å². The lowest BCUT2D eigenvalue weighted by Gasteiger charge is -2.34. The summed E-state index contributed by atoms with van der Waals surface area (Å²) < 4.78 is 40.1. The van der Waals surface area contributed by atoms with Crippen LogP contribution in [0.1, 0.15) is 26.7 Å². The number of hydrogen-bond donors (Lipinski definition) is 1. The number of ether oxygens (including phenoxy) is 2. The molecule has 1 fully saturated rings. The molecule has 0 aliphatic carbocycles. The predicted molar refractivity (Wildman–Crippen MR) is 103 cm³/mol. The Morgan fingerprint density at radius 3 is 2.68 bits per heavy atom. The van der Waals surface area contributed by atoms with Crippen LogP contribution in [0.5, 0.6) is 5.75 Å². The molecule has 0 spiro atoms. The third-order valence-corrected chi connectivity index (χ3v) is 5.11. The van der Waals surface area contributed by atoms with E-state index in [0.717, 1.165) is 19.0 Å². The highest BCUT2D eigenvalue weighted by Gasteiger charge is 2.26. The number of nitrogens with one attached hydrogen (secondary N) is 1. The molecule has 1 aromatic carbocycles. The standard InChI is InChI=1S/C20H24F2N4O2/c1-12(2)26-5-8-28-19-15(21)9-13(10-17(19)26)18-16(22)11-23-20(25-18)24-14-3-6-27-7-4-14/h9-12,14H,3-8H2,1-2H3,(H,23,24,25). The van der Waals surface area contributed by atoms with Gasteiger partial charge in [0.25, 0.3) is 0 Å².